The van der Waals surface area contributed by atoms with Crippen molar-refractivity contribution in [3.05, 3.63) is 34.4 Å². The number of ketones is 1. The molecule has 0 spiro atoms. The van der Waals surface area contributed by atoms with Crippen molar-refractivity contribution >= 4 is 50.6 Å². The fourth-order valence-corrected chi connectivity index (χ4v) is 4.45. The second-order valence-corrected chi connectivity index (χ2v) is 10.1. The summed E-state index contributed by atoms with van der Waals surface area (Å²) in [7, 11) is 0. The number of rotatable bonds is 18. The monoisotopic (exact) mass is 617 g/mol. The molecular weight excluding hydrogens is 582 g/mol. The van der Waals surface area contributed by atoms with Gasteiger partial charge in [0, 0.05) is 37.6 Å². The topological polar surface area (TPSA) is 155 Å². The molecule has 1 heterocycles. The molecule has 10 nitrogen and oxygen atoms in total. The number of aromatic hydroxyl groups is 1. The van der Waals surface area contributed by atoms with Gasteiger partial charge >= 0.3 is 12.1 Å². The Morgan fingerprint density at radius 1 is 0.950 bits per heavy atom. The third-order valence-corrected chi connectivity index (χ3v) is 6.92. The molecule has 2 rings (SSSR count). The minimum atomic E-state index is -0.878. The van der Waals surface area contributed by atoms with E-state index in [1.165, 1.54) is 0 Å². The minimum Gasteiger partial charge on any atom is -0.507 e. The lowest BCUT2D eigenvalue weighted by Crippen LogP contribution is -2.27. The van der Waals surface area contributed by atoms with Crippen molar-refractivity contribution in [2.24, 2.45) is 0 Å². The van der Waals surface area contributed by atoms with E-state index < -0.39 is 18.2 Å². The van der Waals surface area contributed by atoms with Crippen LogP contribution < -0.4 is 10.6 Å². The number of aliphatic carboxylic acids is 1. The molecule has 0 saturated carbocycles. The highest BCUT2D eigenvalue weighted by atomic mass is 79.9. The number of hydrogen-bond acceptors (Lipinski definition) is 7. The summed E-state index contributed by atoms with van der Waals surface area (Å²) in [5, 5.41) is 24.9. The molecule has 1 atom stereocenters. The number of aromatic nitrogens is 1. The molecule has 0 aliphatic heterocycles. The number of ether oxygens (including phenoxy) is 1. The van der Waals surface area contributed by atoms with Crippen LogP contribution in [0.1, 0.15) is 82.4 Å². The van der Waals surface area contributed by atoms with E-state index in [0.717, 1.165) is 11.8 Å². The molecule has 0 saturated heterocycles. The van der Waals surface area contributed by atoms with Crippen LogP contribution in [0.2, 0.25) is 0 Å². The molecule has 2 amide bonds. The Bertz CT molecular complexity index is 1210. The van der Waals surface area contributed by atoms with E-state index in [2.05, 4.69) is 37.5 Å². The van der Waals surface area contributed by atoms with Gasteiger partial charge < -0.3 is 25.6 Å². The molecule has 1 aromatic heterocycles. The number of carboxylic acid groups (broad SMARTS) is 1. The van der Waals surface area contributed by atoms with Crippen molar-refractivity contribution < 1.29 is 34.1 Å². The summed E-state index contributed by atoms with van der Waals surface area (Å²) in [5.41, 5.74) is 1.01. The van der Waals surface area contributed by atoms with Gasteiger partial charge in [0.15, 0.2) is 0 Å². The fraction of sp³-hybridized carbons (Fsp3) is 0.483. The number of benzene rings is 1. The number of pyridine rings is 1. The van der Waals surface area contributed by atoms with Gasteiger partial charge in [-0.05, 0) is 72.7 Å². The van der Waals surface area contributed by atoms with Crippen LogP contribution in [-0.2, 0) is 19.1 Å². The summed E-state index contributed by atoms with van der Waals surface area (Å²) in [4.78, 5) is 51.7. The van der Waals surface area contributed by atoms with Crippen molar-refractivity contribution in [1.29, 1.82) is 0 Å². The normalized spacial score (nSPS) is 11.4. The number of amides is 2. The maximum Gasteiger partial charge on any atom is 0.407 e. The van der Waals surface area contributed by atoms with Crippen LogP contribution in [0.3, 0.4) is 0 Å². The van der Waals surface area contributed by atoms with Gasteiger partial charge in [0.1, 0.15) is 17.6 Å². The van der Waals surface area contributed by atoms with Crippen molar-refractivity contribution in [1.82, 2.24) is 15.6 Å². The van der Waals surface area contributed by atoms with Gasteiger partial charge in [-0.1, -0.05) is 18.4 Å². The maximum atomic E-state index is 12.6. The van der Waals surface area contributed by atoms with E-state index in [9.17, 15) is 24.3 Å². The van der Waals surface area contributed by atoms with Gasteiger partial charge in [0.2, 0.25) is 5.91 Å². The number of nitrogens with zero attached hydrogens (tertiary/aromatic N) is 1. The van der Waals surface area contributed by atoms with Crippen LogP contribution in [0.4, 0.5) is 4.79 Å². The number of carbonyl (C=O) groups is 4. The molecule has 0 radical (unpaired) electrons. The number of carboxylic acids is 1. The molecule has 0 aliphatic carbocycles. The number of alkyl carbamates (subject to hydrolysis) is 1. The summed E-state index contributed by atoms with van der Waals surface area (Å²) < 4.78 is 6.13. The maximum absolute atomic E-state index is 12.6. The van der Waals surface area contributed by atoms with Crippen LogP contribution in [0.15, 0.2) is 28.7 Å². The first-order chi connectivity index (χ1) is 19.2. The number of fused-ring (bicyclic) bond motifs is 1. The van der Waals surface area contributed by atoms with E-state index in [0.29, 0.717) is 73.6 Å². The van der Waals surface area contributed by atoms with Crippen LogP contribution in [0.5, 0.6) is 5.75 Å². The summed E-state index contributed by atoms with van der Waals surface area (Å²) in [5.74, 6) is 1.43. The number of terminal acetylenes is 1. The lowest BCUT2D eigenvalue weighted by molar-refractivity contribution is -0.137. The zero-order valence-corrected chi connectivity index (χ0v) is 24.0. The number of nitrogens with one attached hydrogen (secondary N) is 2. The molecule has 11 heteroatoms. The van der Waals surface area contributed by atoms with Crippen molar-refractivity contribution in [3.63, 3.8) is 0 Å². The van der Waals surface area contributed by atoms with Gasteiger partial charge in [0.25, 0.3) is 0 Å². The number of Topliss-reactive ketones (excluding diaryl/α,β-unsaturated/α-hetero) is 1. The first-order valence-electron chi connectivity index (χ1n) is 13.4. The van der Waals surface area contributed by atoms with Crippen molar-refractivity contribution in [2.45, 2.75) is 76.7 Å². The first-order valence-corrected chi connectivity index (χ1v) is 14.2. The van der Waals surface area contributed by atoms with E-state index >= 15 is 0 Å². The molecule has 1 unspecified atom stereocenters. The van der Waals surface area contributed by atoms with Gasteiger partial charge in [-0.25, -0.2) is 9.78 Å². The molecule has 0 fully saturated rings. The van der Waals surface area contributed by atoms with Crippen LogP contribution in [0.25, 0.3) is 10.9 Å². The molecule has 1 aromatic carbocycles. The zero-order valence-electron chi connectivity index (χ0n) is 22.4. The SMILES string of the molecule is C#CCNC(=O)CCCCCNC(=O)OC(CCCC(=O)CCCCC(=O)O)c1ccc2ccc(O)c(Br)c2n1. The Hall–Kier alpha value is -3.65. The van der Waals surface area contributed by atoms with Gasteiger partial charge in [-0.2, -0.15) is 0 Å². The first kappa shape index (κ1) is 32.6. The molecule has 4 N–H and O–H groups in total. The second kappa shape index (κ2) is 17.8. The number of phenols is 1. The Kier molecular flexibility index (Phi) is 14.5. The van der Waals surface area contributed by atoms with E-state index in [-0.39, 0.29) is 36.8 Å². The van der Waals surface area contributed by atoms with Crippen molar-refractivity contribution in [3.8, 4) is 18.1 Å². The Morgan fingerprint density at radius 2 is 1.65 bits per heavy atom. The number of unbranched alkanes of at least 4 members (excludes halogenated alkanes) is 3. The Morgan fingerprint density at radius 3 is 2.40 bits per heavy atom. The molecular formula is C29H36BrN3O7. The summed E-state index contributed by atoms with van der Waals surface area (Å²) in [6, 6.07) is 6.86. The average Bonchev–Trinajstić information content (AvgIpc) is 2.93. The molecule has 40 heavy (non-hydrogen) atoms. The Labute approximate surface area is 242 Å². The highest BCUT2D eigenvalue weighted by Crippen LogP contribution is 2.33. The van der Waals surface area contributed by atoms with Crippen LogP contribution in [0, 0.1) is 12.3 Å². The van der Waals surface area contributed by atoms with Crippen molar-refractivity contribution in [2.75, 3.05) is 13.1 Å². The van der Waals surface area contributed by atoms with Crippen LogP contribution >= 0.6 is 15.9 Å². The van der Waals surface area contributed by atoms with E-state index in [4.69, 9.17) is 16.3 Å². The predicted octanol–water partition coefficient (Wildman–Crippen LogP) is 5.16. The second-order valence-electron chi connectivity index (χ2n) is 9.35. The molecule has 0 aliphatic rings. The fourth-order valence-electron chi connectivity index (χ4n) is 4.00. The number of carbonyl (C=O) groups excluding carboxylic acids is 3. The average molecular weight is 619 g/mol. The van der Waals surface area contributed by atoms with Gasteiger partial charge in [-0.15, -0.1) is 6.42 Å². The molecule has 0 bridgehead atoms. The lowest BCUT2D eigenvalue weighted by Gasteiger charge is -2.19. The number of hydrogen-bond donors (Lipinski definition) is 4. The lowest BCUT2D eigenvalue weighted by atomic mass is 10.0. The molecule has 2 aromatic rings. The third-order valence-electron chi connectivity index (χ3n) is 6.14. The summed E-state index contributed by atoms with van der Waals surface area (Å²) in [6.45, 7) is 0.579. The quantitative estimate of drug-likeness (QED) is 0.132. The summed E-state index contributed by atoms with van der Waals surface area (Å²) >= 11 is 3.35. The number of halogens is 1. The third kappa shape index (κ3) is 12.0. The minimum absolute atomic E-state index is 0.0284. The predicted molar refractivity (Wildman–Crippen MR) is 154 cm³/mol. The summed E-state index contributed by atoms with van der Waals surface area (Å²) in [6.07, 6.45) is 8.63. The Balaban J connectivity index is 1.93. The molecule has 216 valence electrons. The van der Waals surface area contributed by atoms with Gasteiger partial charge in [-0.3, -0.25) is 14.4 Å². The van der Waals surface area contributed by atoms with E-state index in [1.54, 1.807) is 18.2 Å². The van der Waals surface area contributed by atoms with E-state index in [1.807, 2.05) is 6.07 Å². The zero-order chi connectivity index (χ0) is 29.3. The smallest absolute Gasteiger partial charge is 0.407 e. The van der Waals surface area contributed by atoms with Gasteiger partial charge in [0.05, 0.1) is 22.2 Å². The highest BCUT2D eigenvalue weighted by Gasteiger charge is 2.20. The highest BCUT2D eigenvalue weighted by molar-refractivity contribution is 9.10. The van der Waals surface area contributed by atoms with Crippen LogP contribution in [-0.4, -0.2) is 52.0 Å². The number of phenolic OH excluding ortho intramolecular Hbond substituents is 1. The standard InChI is InChI=1S/C29H36BrN3O7/c1-2-18-31-25(36)12-4-3-7-19-32-29(39)40-24(11-8-10-21(34)9-5-6-13-26(37)38)22-16-14-20-15-17-23(35)27(30)28(20)33-22/h1,14-17,24,35H,3-13,18-19H2,(H,31,36)(H,32,39)(H,37,38). The largest absolute Gasteiger partial charge is 0.507 e.